The van der Waals surface area contributed by atoms with E-state index in [2.05, 4.69) is 26.5 Å². The summed E-state index contributed by atoms with van der Waals surface area (Å²) in [5.41, 5.74) is 5.97. The van der Waals surface area contributed by atoms with E-state index in [0.29, 0.717) is 42.3 Å². The highest BCUT2D eigenvalue weighted by Crippen LogP contribution is 2.60. The van der Waals surface area contributed by atoms with Crippen molar-refractivity contribution < 1.29 is 27.8 Å². The highest BCUT2D eigenvalue weighted by Gasteiger charge is 2.63. The van der Waals surface area contributed by atoms with E-state index in [1.165, 1.54) is 12.1 Å². The molecule has 3 aromatic rings. The zero-order chi connectivity index (χ0) is 24.2. The number of hydrazine groups is 1. The summed E-state index contributed by atoms with van der Waals surface area (Å²) in [7, 11) is 0. The molecule has 0 saturated heterocycles. The smallest absolute Gasteiger partial charge is 0.333 e. The van der Waals surface area contributed by atoms with E-state index < -0.39 is 23.4 Å². The molecule has 0 spiro atoms. The average Bonchev–Trinajstić information content (AvgIpc) is 3.47. The number of urea groups is 1. The summed E-state index contributed by atoms with van der Waals surface area (Å²) in [6, 6.07) is 9.97. The molecule has 9 nitrogen and oxygen atoms in total. The Morgan fingerprint density at radius 3 is 2.97 bits per heavy atom. The van der Waals surface area contributed by atoms with Crippen molar-refractivity contribution in [2.45, 2.75) is 30.9 Å². The number of carbonyl (C=O) groups excluding carboxylic acids is 2. The van der Waals surface area contributed by atoms with Gasteiger partial charge in [-0.05, 0) is 42.8 Å². The van der Waals surface area contributed by atoms with Crippen molar-refractivity contribution in [2.75, 3.05) is 10.6 Å². The highest BCUT2D eigenvalue weighted by atomic mass is 19.2. The van der Waals surface area contributed by atoms with Crippen LogP contribution in [0.2, 0.25) is 0 Å². The van der Waals surface area contributed by atoms with Crippen molar-refractivity contribution in [3.05, 3.63) is 71.4 Å². The van der Waals surface area contributed by atoms with Crippen LogP contribution in [-0.2, 0) is 11.2 Å². The lowest BCUT2D eigenvalue weighted by Crippen LogP contribution is -2.50. The number of hydrogen-bond acceptors (Lipinski definition) is 6. The summed E-state index contributed by atoms with van der Waals surface area (Å²) >= 11 is 0. The van der Waals surface area contributed by atoms with Gasteiger partial charge in [0.25, 0.3) is 0 Å². The zero-order valence-corrected chi connectivity index (χ0v) is 18.2. The van der Waals surface area contributed by atoms with Crippen LogP contribution in [-0.4, -0.2) is 22.6 Å². The van der Waals surface area contributed by atoms with Crippen molar-refractivity contribution in [1.82, 2.24) is 15.8 Å². The van der Waals surface area contributed by atoms with Gasteiger partial charge in [0.2, 0.25) is 5.91 Å². The molecule has 0 bridgehead atoms. The van der Waals surface area contributed by atoms with Crippen molar-refractivity contribution >= 4 is 23.4 Å². The van der Waals surface area contributed by atoms with Gasteiger partial charge in [0.1, 0.15) is 23.1 Å². The number of fused-ring (bicyclic) bond motifs is 4. The van der Waals surface area contributed by atoms with E-state index in [1.807, 2.05) is 6.07 Å². The second-order valence-electron chi connectivity index (χ2n) is 8.54. The number of amides is 3. The zero-order valence-electron chi connectivity index (χ0n) is 18.2. The maximum absolute atomic E-state index is 13.8. The number of ether oxygens (including phenoxy) is 2. The number of carbonyl (C=O) groups is 2. The summed E-state index contributed by atoms with van der Waals surface area (Å²) < 4.78 is 39.2. The molecule has 11 heteroatoms. The number of nitrogens with zero attached hydrogens (tertiary/aromatic N) is 1. The predicted molar refractivity (Wildman–Crippen MR) is 120 cm³/mol. The van der Waals surface area contributed by atoms with Gasteiger partial charge >= 0.3 is 6.03 Å². The van der Waals surface area contributed by atoms with Gasteiger partial charge in [-0.1, -0.05) is 6.07 Å². The van der Waals surface area contributed by atoms with Crippen LogP contribution in [0.5, 0.6) is 17.2 Å². The van der Waals surface area contributed by atoms with Crippen LogP contribution in [0, 0.1) is 11.6 Å². The lowest BCUT2D eigenvalue weighted by molar-refractivity contribution is -0.116. The van der Waals surface area contributed by atoms with E-state index in [4.69, 9.17) is 9.47 Å². The number of aromatic nitrogens is 1. The minimum absolute atomic E-state index is 0.0297. The van der Waals surface area contributed by atoms with E-state index >= 15 is 0 Å². The van der Waals surface area contributed by atoms with Gasteiger partial charge in [-0.2, -0.15) is 5.43 Å². The van der Waals surface area contributed by atoms with Gasteiger partial charge in [-0.15, -0.1) is 0 Å². The Balaban J connectivity index is 1.12. The molecule has 3 amide bonds. The number of nitrogens with one attached hydrogen (secondary N) is 4. The maximum Gasteiger partial charge on any atom is 0.333 e. The molecule has 178 valence electrons. The average molecular weight is 479 g/mol. The van der Waals surface area contributed by atoms with Gasteiger partial charge in [0.15, 0.2) is 17.4 Å². The molecule has 1 saturated carbocycles. The lowest BCUT2D eigenvalue weighted by Gasteiger charge is -2.19. The lowest BCUT2D eigenvalue weighted by atomic mass is 10.1. The number of rotatable bonds is 5. The number of pyridine rings is 1. The predicted octanol–water partition coefficient (Wildman–Crippen LogP) is 3.94. The fourth-order valence-corrected chi connectivity index (χ4v) is 4.43. The van der Waals surface area contributed by atoms with Gasteiger partial charge < -0.3 is 20.1 Å². The van der Waals surface area contributed by atoms with Crippen LogP contribution in [0.15, 0.2) is 48.7 Å². The fourth-order valence-electron chi connectivity index (χ4n) is 4.43. The SMILES string of the molecule is O=C1CCc2c(Oc3ccc4c(c3)[C@H]3C[C@@]3(NNC(=O)Nc3cccc(F)c3F)O4)ccnc2N1. The Hall–Kier alpha value is -4.25. The van der Waals surface area contributed by atoms with Crippen LogP contribution < -0.4 is 31.0 Å². The Morgan fingerprint density at radius 1 is 1.20 bits per heavy atom. The maximum atomic E-state index is 13.8. The monoisotopic (exact) mass is 479 g/mol. The third kappa shape index (κ3) is 3.79. The number of anilines is 2. The Bertz CT molecular complexity index is 1380. The summed E-state index contributed by atoms with van der Waals surface area (Å²) in [6.45, 7) is 0. The highest BCUT2D eigenvalue weighted by molar-refractivity contribution is 5.93. The number of benzene rings is 2. The molecule has 3 aliphatic rings. The van der Waals surface area contributed by atoms with E-state index in [1.54, 1.807) is 24.4 Å². The summed E-state index contributed by atoms with van der Waals surface area (Å²) in [5.74, 6) is 0.0983. The minimum Gasteiger partial charge on any atom is -0.470 e. The van der Waals surface area contributed by atoms with E-state index in [0.717, 1.165) is 17.2 Å². The fraction of sp³-hybridized carbons (Fsp3) is 0.208. The molecule has 0 radical (unpaired) electrons. The van der Waals surface area contributed by atoms with Crippen LogP contribution in [0.25, 0.3) is 0 Å². The largest absolute Gasteiger partial charge is 0.470 e. The minimum atomic E-state index is -1.14. The third-order valence-corrected chi connectivity index (χ3v) is 6.25. The normalized spacial score (nSPS) is 21.1. The van der Waals surface area contributed by atoms with Crippen molar-refractivity contribution in [3.63, 3.8) is 0 Å². The van der Waals surface area contributed by atoms with E-state index in [-0.39, 0.29) is 17.5 Å². The van der Waals surface area contributed by atoms with Crippen molar-refractivity contribution in [1.29, 1.82) is 0 Å². The number of hydrogen-bond donors (Lipinski definition) is 4. The molecule has 2 aromatic carbocycles. The third-order valence-electron chi connectivity index (χ3n) is 6.25. The molecular formula is C24H19F2N5O4. The number of halogens is 2. The molecule has 4 N–H and O–H groups in total. The van der Waals surface area contributed by atoms with Crippen LogP contribution in [0.4, 0.5) is 25.1 Å². The quantitative estimate of drug-likeness (QED) is 0.413. The van der Waals surface area contributed by atoms with Crippen molar-refractivity contribution in [2.24, 2.45) is 0 Å². The molecule has 0 unspecified atom stereocenters. The second-order valence-corrected chi connectivity index (χ2v) is 8.54. The molecular weight excluding hydrogens is 460 g/mol. The van der Waals surface area contributed by atoms with E-state index in [9.17, 15) is 18.4 Å². The first-order valence-corrected chi connectivity index (χ1v) is 11.0. The van der Waals surface area contributed by atoms with Crippen LogP contribution >= 0.6 is 0 Å². The second kappa shape index (κ2) is 7.91. The molecule has 1 aliphatic carbocycles. The van der Waals surface area contributed by atoms with Crippen LogP contribution in [0.1, 0.15) is 29.9 Å². The summed E-state index contributed by atoms with van der Waals surface area (Å²) in [5, 5.41) is 5.01. The Labute approximate surface area is 197 Å². The Kier molecular flexibility index (Phi) is 4.81. The first kappa shape index (κ1) is 21.3. The molecule has 1 fully saturated rings. The molecule has 3 heterocycles. The standard InChI is InChI=1S/C24H19F2N5O4/c25-16-2-1-3-17(21(16)26)28-23(33)30-31-24-11-15(24)14-10-12(4-6-19(14)35-24)34-18-8-9-27-22-13(18)5-7-20(32)29-22/h1-4,6,8-10,15,31H,5,7,11H2,(H,27,29,32)(H2,28,30,33)/t15-,24-/m1/s1. The summed E-state index contributed by atoms with van der Waals surface area (Å²) in [4.78, 5) is 28.0. The van der Waals surface area contributed by atoms with Gasteiger partial charge in [0, 0.05) is 36.1 Å². The molecule has 6 rings (SSSR count). The topological polar surface area (TPSA) is 114 Å². The molecule has 2 aliphatic heterocycles. The van der Waals surface area contributed by atoms with Gasteiger partial charge in [-0.3, -0.25) is 10.2 Å². The Morgan fingerprint density at radius 2 is 2.09 bits per heavy atom. The van der Waals surface area contributed by atoms with Gasteiger partial charge in [-0.25, -0.2) is 18.6 Å². The molecule has 2 atom stereocenters. The first-order valence-electron chi connectivity index (χ1n) is 11.0. The van der Waals surface area contributed by atoms with Crippen molar-refractivity contribution in [3.8, 4) is 17.2 Å². The summed E-state index contributed by atoms with van der Waals surface area (Å²) in [6.07, 6.45) is 3.10. The first-order chi connectivity index (χ1) is 16.9. The van der Waals surface area contributed by atoms with Crippen LogP contribution in [0.3, 0.4) is 0 Å². The molecule has 35 heavy (non-hydrogen) atoms. The van der Waals surface area contributed by atoms with Gasteiger partial charge in [0.05, 0.1) is 5.69 Å². The molecule has 1 aromatic heterocycles.